The van der Waals surface area contributed by atoms with Crippen molar-refractivity contribution < 1.29 is 0 Å². The van der Waals surface area contributed by atoms with Crippen LogP contribution in [0.3, 0.4) is 0 Å². The van der Waals surface area contributed by atoms with E-state index in [1.54, 1.807) is 37.4 Å². The van der Waals surface area contributed by atoms with Crippen LogP contribution >= 0.6 is 11.6 Å². The maximum Gasteiger partial charge on any atom is 0.273 e. The molecule has 0 aliphatic rings. The summed E-state index contributed by atoms with van der Waals surface area (Å²) in [5.41, 5.74) is 2.00. The Morgan fingerprint density at radius 3 is 2.56 bits per heavy atom. The molecule has 0 saturated heterocycles. The Morgan fingerprint density at radius 2 is 1.94 bits per heavy atom. The monoisotopic (exact) mass is 258 g/mol. The molecule has 0 bridgehead atoms. The second-order valence-corrected chi connectivity index (χ2v) is 4.46. The van der Waals surface area contributed by atoms with E-state index in [9.17, 15) is 4.79 Å². The Kier molecular flexibility index (Phi) is 3.22. The molecular formula is C14H11ClN2O. The summed E-state index contributed by atoms with van der Waals surface area (Å²) in [5.74, 6) is 0. The van der Waals surface area contributed by atoms with Crippen molar-refractivity contribution in [3.05, 3.63) is 62.5 Å². The third kappa shape index (κ3) is 1.92. The van der Waals surface area contributed by atoms with Crippen LogP contribution in [0, 0.1) is 25.2 Å². The molecule has 18 heavy (non-hydrogen) atoms. The largest absolute Gasteiger partial charge is 0.281 e. The van der Waals surface area contributed by atoms with Crippen LogP contribution in [0.2, 0.25) is 5.02 Å². The Labute approximate surface area is 110 Å². The molecule has 1 aromatic carbocycles. The lowest BCUT2D eigenvalue weighted by atomic mass is 10.1. The number of para-hydroxylation sites is 1. The lowest BCUT2D eigenvalue weighted by Gasteiger charge is -2.11. The van der Waals surface area contributed by atoms with Gasteiger partial charge in [-0.05, 0) is 37.1 Å². The summed E-state index contributed by atoms with van der Waals surface area (Å²) in [6.45, 7) is 3.63. The maximum atomic E-state index is 12.2. The second-order valence-electron chi connectivity index (χ2n) is 4.05. The molecule has 2 rings (SSSR count). The fraction of sp³-hybridized carbons (Fsp3) is 0.143. The molecule has 0 saturated carbocycles. The number of pyridine rings is 1. The minimum atomic E-state index is -0.339. The summed E-state index contributed by atoms with van der Waals surface area (Å²) in [7, 11) is 0. The van der Waals surface area contributed by atoms with Crippen molar-refractivity contribution in [2.45, 2.75) is 13.8 Å². The van der Waals surface area contributed by atoms with E-state index in [4.69, 9.17) is 16.9 Å². The number of benzene rings is 1. The van der Waals surface area contributed by atoms with E-state index in [-0.39, 0.29) is 11.1 Å². The minimum Gasteiger partial charge on any atom is -0.281 e. The number of hydrogen-bond donors (Lipinski definition) is 0. The van der Waals surface area contributed by atoms with Crippen LogP contribution in [0.25, 0.3) is 5.69 Å². The van der Waals surface area contributed by atoms with Gasteiger partial charge in [-0.15, -0.1) is 0 Å². The van der Waals surface area contributed by atoms with Crippen LogP contribution in [-0.2, 0) is 0 Å². The van der Waals surface area contributed by atoms with Crippen LogP contribution < -0.4 is 5.56 Å². The SMILES string of the molecule is Cc1cn(-c2ccccc2Cl)c(=O)c(C#N)c1C. The average Bonchev–Trinajstić information content (AvgIpc) is 2.36. The van der Waals surface area contributed by atoms with E-state index < -0.39 is 0 Å². The van der Waals surface area contributed by atoms with Crippen molar-refractivity contribution in [1.29, 1.82) is 5.26 Å². The van der Waals surface area contributed by atoms with Gasteiger partial charge in [0.05, 0.1) is 10.7 Å². The van der Waals surface area contributed by atoms with Gasteiger partial charge in [0, 0.05) is 6.20 Å². The lowest BCUT2D eigenvalue weighted by Crippen LogP contribution is -2.22. The molecule has 0 amide bonds. The van der Waals surface area contributed by atoms with E-state index in [1.165, 1.54) is 4.57 Å². The Morgan fingerprint density at radius 1 is 1.28 bits per heavy atom. The van der Waals surface area contributed by atoms with Gasteiger partial charge in [-0.2, -0.15) is 5.26 Å². The van der Waals surface area contributed by atoms with Gasteiger partial charge < -0.3 is 0 Å². The van der Waals surface area contributed by atoms with Crippen LogP contribution in [0.15, 0.2) is 35.3 Å². The van der Waals surface area contributed by atoms with Gasteiger partial charge in [0.15, 0.2) is 0 Å². The summed E-state index contributed by atoms with van der Waals surface area (Å²) in [4.78, 5) is 12.2. The van der Waals surface area contributed by atoms with Crippen molar-refractivity contribution in [2.75, 3.05) is 0 Å². The number of aromatic nitrogens is 1. The fourth-order valence-electron chi connectivity index (χ4n) is 1.78. The van der Waals surface area contributed by atoms with Crippen molar-refractivity contribution in [3.63, 3.8) is 0 Å². The zero-order valence-corrected chi connectivity index (χ0v) is 10.8. The molecule has 0 radical (unpaired) electrons. The quantitative estimate of drug-likeness (QED) is 0.789. The van der Waals surface area contributed by atoms with E-state index in [0.717, 1.165) is 5.56 Å². The van der Waals surface area contributed by atoms with Gasteiger partial charge in [-0.1, -0.05) is 23.7 Å². The number of aryl methyl sites for hydroxylation is 1. The normalized spacial score (nSPS) is 10.1. The molecule has 0 spiro atoms. The molecular weight excluding hydrogens is 248 g/mol. The van der Waals surface area contributed by atoms with Crippen LogP contribution in [0.5, 0.6) is 0 Å². The highest BCUT2D eigenvalue weighted by molar-refractivity contribution is 6.32. The highest BCUT2D eigenvalue weighted by Crippen LogP contribution is 2.19. The zero-order chi connectivity index (χ0) is 13.3. The topological polar surface area (TPSA) is 45.8 Å². The van der Waals surface area contributed by atoms with E-state index in [1.807, 2.05) is 13.0 Å². The predicted octanol–water partition coefficient (Wildman–Crippen LogP) is 2.98. The van der Waals surface area contributed by atoms with Gasteiger partial charge in [0.25, 0.3) is 5.56 Å². The number of hydrogen-bond acceptors (Lipinski definition) is 2. The van der Waals surface area contributed by atoms with Crippen LogP contribution in [-0.4, -0.2) is 4.57 Å². The van der Waals surface area contributed by atoms with E-state index in [0.29, 0.717) is 16.3 Å². The van der Waals surface area contributed by atoms with E-state index in [2.05, 4.69) is 0 Å². The number of nitriles is 1. The summed E-state index contributed by atoms with van der Waals surface area (Å²) >= 11 is 6.08. The summed E-state index contributed by atoms with van der Waals surface area (Å²) in [6.07, 6.45) is 1.71. The third-order valence-electron chi connectivity index (χ3n) is 2.95. The summed E-state index contributed by atoms with van der Waals surface area (Å²) < 4.78 is 1.42. The smallest absolute Gasteiger partial charge is 0.273 e. The highest BCUT2D eigenvalue weighted by Gasteiger charge is 2.12. The molecule has 0 fully saturated rings. The minimum absolute atomic E-state index is 0.162. The van der Waals surface area contributed by atoms with Gasteiger partial charge in [-0.25, -0.2) is 0 Å². The number of halogens is 1. The zero-order valence-electron chi connectivity index (χ0n) is 10.1. The molecule has 90 valence electrons. The predicted molar refractivity (Wildman–Crippen MR) is 71.2 cm³/mol. The molecule has 4 heteroatoms. The van der Waals surface area contributed by atoms with Gasteiger partial charge >= 0.3 is 0 Å². The van der Waals surface area contributed by atoms with E-state index >= 15 is 0 Å². The first-order valence-corrected chi connectivity index (χ1v) is 5.82. The molecule has 0 unspecified atom stereocenters. The summed E-state index contributed by atoms with van der Waals surface area (Å²) in [6, 6.07) is 9.02. The highest BCUT2D eigenvalue weighted by atomic mass is 35.5. The Bertz CT molecular complexity index is 711. The van der Waals surface area contributed by atoms with Crippen LogP contribution in [0.1, 0.15) is 16.7 Å². The molecule has 0 aliphatic carbocycles. The first-order valence-electron chi connectivity index (χ1n) is 5.44. The molecule has 2 aromatic rings. The first-order chi connectivity index (χ1) is 8.56. The standard InChI is InChI=1S/C14H11ClN2O/c1-9-8-17(13-6-4-3-5-12(13)15)14(18)11(7-16)10(9)2/h3-6,8H,1-2H3. The second kappa shape index (κ2) is 4.67. The van der Waals surface area contributed by atoms with Crippen molar-refractivity contribution in [3.8, 4) is 11.8 Å². The molecule has 0 atom stereocenters. The fourth-order valence-corrected chi connectivity index (χ4v) is 2.01. The number of nitrogens with zero attached hydrogens (tertiary/aromatic N) is 2. The average molecular weight is 259 g/mol. The Hall–Kier alpha value is -2.05. The van der Waals surface area contributed by atoms with Crippen molar-refractivity contribution in [2.24, 2.45) is 0 Å². The Balaban J connectivity index is 2.83. The molecule has 0 N–H and O–H groups in total. The molecule has 1 heterocycles. The molecule has 3 nitrogen and oxygen atoms in total. The van der Waals surface area contributed by atoms with Gasteiger partial charge in [0.1, 0.15) is 11.6 Å². The summed E-state index contributed by atoms with van der Waals surface area (Å²) in [5, 5.41) is 9.55. The van der Waals surface area contributed by atoms with Crippen molar-refractivity contribution in [1.82, 2.24) is 4.57 Å². The third-order valence-corrected chi connectivity index (χ3v) is 3.27. The maximum absolute atomic E-state index is 12.2. The van der Waals surface area contributed by atoms with Gasteiger partial charge in [-0.3, -0.25) is 9.36 Å². The lowest BCUT2D eigenvalue weighted by molar-refractivity contribution is 0.956. The first kappa shape index (κ1) is 12.4. The van der Waals surface area contributed by atoms with Gasteiger partial charge in [0.2, 0.25) is 0 Å². The molecule has 0 aliphatic heterocycles. The van der Waals surface area contributed by atoms with Crippen LogP contribution in [0.4, 0.5) is 0 Å². The van der Waals surface area contributed by atoms with Crippen molar-refractivity contribution >= 4 is 11.6 Å². The number of rotatable bonds is 1. The molecule has 1 aromatic heterocycles.